The first-order valence-corrected chi connectivity index (χ1v) is 7.94. The topological polar surface area (TPSA) is 33.7 Å². The van der Waals surface area contributed by atoms with Crippen LogP contribution >= 0.6 is 0 Å². The van der Waals surface area contributed by atoms with Gasteiger partial charge >= 0.3 is 0 Å². The Morgan fingerprint density at radius 3 is 2.00 bits per heavy atom. The predicted octanol–water partition coefficient (Wildman–Crippen LogP) is 2.78. The lowest BCUT2D eigenvalue weighted by Gasteiger charge is -2.22. The monoisotopic (exact) mass is 294 g/mol. The summed E-state index contributed by atoms with van der Waals surface area (Å²) in [6, 6.07) is 8.51. The fourth-order valence-electron chi connectivity index (χ4n) is 2.04. The van der Waals surface area contributed by atoms with Crippen LogP contribution in [-0.4, -0.2) is 57.5 Å². The van der Waals surface area contributed by atoms with Gasteiger partial charge in [-0.05, 0) is 32.9 Å². The van der Waals surface area contributed by atoms with Crippen molar-refractivity contribution in [3.05, 3.63) is 29.8 Å². The molecule has 0 atom stereocenters. The smallest absolute Gasteiger partial charge is 0.0593 e. The highest BCUT2D eigenvalue weighted by Crippen LogP contribution is 2.07. The zero-order valence-electron chi connectivity index (χ0n) is 13.7. The van der Waals surface area contributed by atoms with Crippen molar-refractivity contribution < 1.29 is 9.47 Å². The van der Waals surface area contributed by atoms with Gasteiger partial charge in [0.2, 0.25) is 0 Å². The average molecular weight is 294 g/mol. The van der Waals surface area contributed by atoms with Gasteiger partial charge in [-0.2, -0.15) is 0 Å². The van der Waals surface area contributed by atoms with Crippen LogP contribution in [0.15, 0.2) is 24.3 Å². The highest BCUT2D eigenvalue weighted by Gasteiger charge is 2.04. The zero-order chi connectivity index (χ0) is 15.3. The van der Waals surface area contributed by atoms with Crippen LogP contribution < -0.4 is 5.32 Å². The summed E-state index contributed by atoms with van der Waals surface area (Å²) in [6.45, 7) is 13.1. The number of hydrogen-bond acceptors (Lipinski definition) is 4. The van der Waals surface area contributed by atoms with Crippen molar-refractivity contribution in [3.63, 3.8) is 0 Å². The summed E-state index contributed by atoms with van der Waals surface area (Å²) in [5.74, 6) is 0. The molecule has 120 valence electrons. The molecule has 21 heavy (non-hydrogen) atoms. The molecule has 1 rings (SSSR count). The van der Waals surface area contributed by atoms with E-state index in [4.69, 9.17) is 9.47 Å². The molecule has 0 aromatic heterocycles. The van der Waals surface area contributed by atoms with E-state index in [1.54, 1.807) is 0 Å². The van der Waals surface area contributed by atoms with E-state index >= 15 is 0 Å². The Morgan fingerprint density at radius 1 is 0.905 bits per heavy atom. The molecule has 1 N–H and O–H groups in total. The van der Waals surface area contributed by atoms with Crippen LogP contribution in [0.2, 0.25) is 0 Å². The van der Waals surface area contributed by atoms with Gasteiger partial charge in [-0.25, -0.2) is 0 Å². The number of hydrogen-bond donors (Lipinski definition) is 1. The molecule has 0 saturated heterocycles. The Balaban J connectivity index is 2.27. The summed E-state index contributed by atoms with van der Waals surface area (Å²) in [7, 11) is 0. The molecule has 0 saturated carbocycles. The molecule has 4 nitrogen and oxygen atoms in total. The van der Waals surface area contributed by atoms with E-state index in [1.807, 2.05) is 13.8 Å². The molecule has 1 aromatic carbocycles. The Hall–Kier alpha value is -1.10. The maximum atomic E-state index is 5.45. The highest BCUT2D eigenvalue weighted by atomic mass is 16.5. The molecule has 0 radical (unpaired) electrons. The van der Waals surface area contributed by atoms with Crippen molar-refractivity contribution in [1.29, 1.82) is 0 Å². The van der Waals surface area contributed by atoms with Gasteiger partial charge in [0.05, 0.1) is 13.2 Å². The lowest BCUT2D eigenvalue weighted by molar-refractivity contribution is 0.0846. The van der Waals surface area contributed by atoms with Gasteiger partial charge < -0.3 is 14.8 Å². The first kappa shape index (κ1) is 18.0. The largest absolute Gasteiger partial charge is 0.384 e. The van der Waals surface area contributed by atoms with Gasteiger partial charge in [0, 0.05) is 45.1 Å². The Morgan fingerprint density at radius 2 is 1.48 bits per heavy atom. The maximum absolute atomic E-state index is 5.45. The number of benzene rings is 1. The minimum absolute atomic E-state index is 0.779. The quantitative estimate of drug-likeness (QED) is 0.601. The van der Waals surface area contributed by atoms with Gasteiger partial charge in [-0.15, -0.1) is 0 Å². The molecular formula is C17H30N2O2. The maximum Gasteiger partial charge on any atom is 0.0593 e. The number of anilines is 1. The third-order valence-corrected chi connectivity index (χ3v) is 3.32. The second kappa shape index (κ2) is 11.5. The standard InChI is InChI=1S/C17H30N2O2/c1-4-20-14-12-19(13-15-21-5-2)11-10-18-17-8-6-16(3)7-9-17/h6-9,18H,4-5,10-15H2,1-3H3. The van der Waals surface area contributed by atoms with Crippen LogP contribution in [0.3, 0.4) is 0 Å². The van der Waals surface area contributed by atoms with Crippen molar-refractivity contribution >= 4 is 5.69 Å². The Bertz CT molecular complexity index is 344. The molecule has 0 heterocycles. The molecule has 0 aliphatic carbocycles. The van der Waals surface area contributed by atoms with E-state index in [2.05, 4.69) is 41.4 Å². The van der Waals surface area contributed by atoms with Crippen LogP contribution in [0.25, 0.3) is 0 Å². The minimum Gasteiger partial charge on any atom is -0.384 e. The number of ether oxygens (including phenoxy) is 2. The molecule has 0 aliphatic heterocycles. The van der Waals surface area contributed by atoms with Crippen LogP contribution in [0.1, 0.15) is 19.4 Å². The van der Waals surface area contributed by atoms with E-state index in [-0.39, 0.29) is 0 Å². The van der Waals surface area contributed by atoms with E-state index in [0.29, 0.717) is 0 Å². The van der Waals surface area contributed by atoms with Gasteiger partial charge in [0.1, 0.15) is 0 Å². The van der Waals surface area contributed by atoms with Gasteiger partial charge in [-0.1, -0.05) is 17.7 Å². The summed E-state index contributed by atoms with van der Waals surface area (Å²) in [4.78, 5) is 2.38. The molecule has 0 fully saturated rings. The second-order valence-electron chi connectivity index (χ2n) is 5.03. The van der Waals surface area contributed by atoms with Crippen LogP contribution in [0.4, 0.5) is 5.69 Å². The van der Waals surface area contributed by atoms with Crippen LogP contribution in [-0.2, 0) is 9.47 Å². The van der Waals surface area contributed by atoms with Crippen molar-refractivity contribution in [2.75, 3.05) is 57.9 Å². The summed E-state index contributed by atoms with van der Waals surface area (Å²) in [5, 5.41) is 3.46. The third-order valence-electron chi connectivity index (χ3n) is 3.32. The SMILES string of the molecule is CCOCCN(CCNc1ccc(C)cc1)CCOCC. The lowest BCUT2D eigenvalue weighted by atomic mass is 10.2. The Kier molecular flexibility index (Phi) is 9.87. The van der Waals surface area contributed by atoms with Gasteiger partial charge in [0.25, 0.3) is 0 Å². The summed E-state index contributed by atoms with van der Waals surface area (Å²) < 4.78 is 10.9. The van der Waals surface area contributed by atoms with Crippen molar-refractivity contribution in [3.8, 4) is 0 Å². The van der Waals surface area contributed by atoms with Crippen molar-refractivity contribution in [1.82, 2.24) is 4.90 Å². The first-order chi connectivity index (χ1) is 10.3. The van der Waals surface area contributed by atoms with E-state index in [0.717, 1.165) is 52.6 Å². The third kappa shape index (κ3) is 8.71. The molecule has 0 aliphatic rings. The van der Waals surface area contributed by atoms with E-state index < -0.39 is 0 Å². The average Bonchev–Trinajstić information content (AvgIpc) is 2.49. The molecule has 0 amide bonds. The normalized spacial score (nSPS) is 11.0. The molecule has 4 heteroatoms. The number of rotatable bonds is 12. The molecular weight excluding hydrogens is 264 g/mol. The van der Waals surface area contributed by atoms with Crippen molar-refractivity contribution in [2.45, 2.75) is 20.8 Å². The summed E-state index contributed by atoms with van der Waals surface area (Å²) in [5.41, 5.74) is 2.46. The minimum atomic E-state index is 0.779. The molecule has 1 aromatic rings. The lowest BCUT2D eigenvalue weighted by Crippen LogP contribution is -2.35. The fraction of sp³-hybridized carbons (Fsp3) is 0.647. The summed E-state index contributed by atoms with van der Waals surface area (Å²) in [6.07, 6.45) is 0. The number of aryl methyl sites for hydroxylation is 1. The first-order valence-electron chi connectivity index (χ1n) is 7.94. The van der Waals surface area contributed by atoms with E-state index in [1.165, 1.54) is 11.3 Å². The number of nitrogens with one attached hydrogen (secondary N) is 1. The van der Waals surface area contributed by atoms with Crippen LogP contribution in [0.5, 0.6) is 0 Å². The Labute approximate surface area is 129 Å². The van der Waals surface area contributed by atoms with E-state index in [9.17, 15) is 0 Å². The van der Waals surface area contributed by atoms with Gasteiger partial charge in [0.15, 0.2) is 0 Å². The summed E-state index contributed by atoms with van der Waals surface area (Å²) >= 11 is 0. The second-order valence-corrected chi connectivity index (χ2v) is 5.03. The van der Waals surface area contributed by atoms with Gasteiger partial charge in [-0.3, -0.25) is 4.90 Å². The number of nitrogens with zero attached hydrogens (tertiary/aromatic N) is 1. The predicted molar refractivity (Wildman–Crippen MR) is 89.1 cm³/mol. The zero-order valence-corrected chi connectivity index (χ0v) is 13.7. The fourth-order valence-corrected chi connectivity index (χ4v) is 2.04. The molecule has 0 unspecified atom stereocenters. The highest BCUT2D eigenvalue weighted by molar-refractivity contribution is 5.44. The van der Waals surface area contributed by atoms with Crippen LogP contribution in [0, 0.1) is 6.92 Å². The van der Waals surface area contributed by atoms with Crippen molar-refractivity contribution in [2.24, 2.45) is 0 Å². The molecule has 0 bridgehead atoms. The molecule has 0 spiro atoms.